The maximum atomic E-state index is 11.9. The van der Waals surface area contributed by atoms with Gasteiger partial charge in [0.2, 0.25) is 6.29 Å². The molecular weight excluding hydrogens is 476 g/mol. The van der Waals surface area contributed by atoms with Gasteiger partial charge in [0.25, 0.3) is 0 Å². The van der Waals surface area contributed by atoms with Crippen LogP contribution in [0.4, 0.5) is 5.95 Å². The van der Waals surface area contributed by atoms with Gasteiger partial charge in [0.15, 0.2) is 18.4 Å². The third-order valence-corrected chi connectivity index (χ3v) is 4.65. The summed E-state index contributed by atoms with van der Waals surface area (Å²) in [6.45, 7) is 3.57. The van der Waals surface area contributed by atoms with E-state index in [1.54, 1.807) is 0 Å². The zero-order chi connectivity index (χ0) is 26.3. The Kier molecular flexibility index (Phi) is 9.61. The van der Waals surface area contributed by atoms with Gasteiger partial charge in [-0.3, -0.25) is 24.5 Å². The van der Waals surface area contributed by atoms with Gasteiger partial charge in [-0.25, -0.2) is 4.57 Å². The van der Waals surface area contributed by atoms with Gasteiger partial charge < -0.3 is 38.9 Å². The number of carbonyl (C=O) groups excluding carboxylic acids is 4. The molecule has 6 atom stereocenters. The molecule has 194 valence electrons. The van der Waals surface area contributed by atoms with Crippen LogP contribution in [0.1, 0.15) is 33.9 Å². The minimum Gasteiger partial charge on any atom is -0.463 e. The monoisotopic (exact) mass is 502 g/mol. The van der Waals surface area contributed by atoms with Crippen molar-refractivity contribution >= 4 is 29.8 Å². The van der Waals surface area contributed by atoms with Crippen molar-refractivity contribution in [3.05, 3.63) is 22.5 Å². The Morgan fingerprint density at radius 3 is 2.26 bits per heavy atom. The van der Waals surface area contributed by atoms with Crippen molar-refractivity contribution in [3.63, 3.8) is 0 Å². The Balaban J connectivity index is 2.37. The molecule has 2 N–H and O–H groups in total. The smallest absolute Gasteiger partial charge is 0.436 e. The van der Waals surface area contributed by atoms with E-state index in [-0.39, 0.29) is 0 Å². The fourth-order valence-electron chi connectivity index (χ4n) is 3.40. The largest absolute Gasteiger partial charge is 0.463 e. The highest BCUT2D eigenvalue weighted by Gasteiger charge is 2.51. The molecule has 1 aromatic heterocycles. The first-order valence-corrected chi connectivity index (χ1v) is 10.3. The van der Waals surface area contributed by atoms with Crippen LogP contribution in [-0.4, -0.2) is 87.3 Å². The predicted molar refractivity (Wildman–Crippen MR) is 110 cm³/mol. The maximum Gasteiger partial charge on any atom is 0.436 e. The Labute approximate surface area is 198 Å². The van der Waals surface area contributed by atoms with Crippen molar-refractivity contribution in [1.29, 1.82) is 0 Å². The zero-order valence-corrected chi connectivity index (χ0v) is 19.3. The van der Waals surface area contributed by atoms with Crippen molar-refractivity contribution in [1.82, 2.24) is 14.9 Å². The molecular formula is C19H26N4O12. The molecule has 0 radical (unpaired) electrons. The molecule has 1 aliphatic heterocycles. The van der Waals surface area contributed by atoms with E-state index in [2.05, 4.69) is 10.3 Å². The first kappa shape index (κ1) is 27.6. The van der Waals surface area contributed by atoms with Crippen molar-refractivity contribution < 1.29 is 52.9 Å². The van der Waals surface area contributed by atoms with E-state index in [1.807, 2.05) is 0 Å². The quantitative estimate of drug-likeness (QED) is 0.169. The van der Waals surface area contributed by atoms with Crippen LogP contribution in [0.3, 0.4) is 0 Å². The van der Waals surface area contributed by atoms with Gasteiger partial charge >= 0.3 is 29.8 Å². The summed E-state index contributed by atoms with van der Waals surface area (Å²) in [4.78, 5) is 60.5. The van der Waals surface area contributed by atoms with Gasteiger partial charge in [-0.1, -0.05) is 4.98 Å². The molecule has 0 aromatic carbocycles. The molecule has 35 heavy (non-hydrogen) atoms. The van der Waals surface area contributed by atoms with Crippen LogP contribution in [0, 0.1) is 10.1 Å². The number of nitro groups is 1. The average molecular weight is 502 g/mol. The van der Waals surface area contributed by atoms with E-state index in [0.29, 0.717) is 0 Å². The number of nitrogens with zero attached hydrogens (tertiary/aromatic N) is 3. The van der Waals surface area contributed by atoms with Crippen molar-refractivity contribution in [2.24, 2.45) is 0 Å². The highest BCUT2D eigenvalue weighted by atomic mass is 16.7. The normalized spacial score (nSPS) is 24.7. The summed E-state index contributed by atoms with van der Waals surface area (Å²) >= 11 is 0. The molecule has 1 aliphatic rings. The van der Waals surface area contributed by atoms with Crippen LogP contribution in [0.25, 0.3) is 0 Å². The van der Waals surface area contributed by atoms with Gasteiger partial charge in [-0.15, -0.1) is 0 Å². The second-order valence-electron chi connectivity index (χ2n) is 7.41. The van der Waals surface area contributed by atoms with E-state index in [4.69, 9.17) is 23.7 Å². The SMILES string of the molecule is CC(=O)OCC1OC(OC(C)=O)C(NCC(O)n2ccnc2[N+](=O)[O-])C(OC(C)=O)C1OC(C)=O. The first-order valence-electron chi connectivity index (χ1n) is 10.3. The summed E-state index contributed by atoms with van der Waals surface area (Å²) in [6.07, 6.45) is -4.57. The zero-order valence-electron chi connectivity index (χ0n) is 19.3. The van der Waals surface area contributed by atoms with Crippen molar-refractivity contribution in [3.8, 4) is 0 Å². The lowest BCUT2D eigenvalue weighted by Gasteiger charge is -2.44. The van der Waals surface area contributed by atoms with E-state index < -0.39 is 84.8 Å². The van der Waals surface area contributed by atoms with Crippen LogP contribution in [0.2, 0.25) is 0 Å². The van der Waals surface area contributed by atoms with Crippen LogP contribution in [-0.2, 0) is 42.9 Å². The molecule has 1 saturated heterocycles. The Hall–Kier alpha value is -3.63. The lowest BCUT2D eigenvalue weighted by molar-refractivity contribution is -0.398. The molecule has 0 saturated carbocycles. The Bertz CT molecular complexity index is 950. The molecule has 1 fully saturated rings. The predicted octanol–water partition coefficient (Wildman–Crippen LogP) is -1.05. The number of aliphatic hydroxyl groups is 1. The minimum absolute atomic E-state index is 0.401. The van der Waals surface area contributed by atoms with Crippen molar-refractivity contribution in [2.45, 2.75) is 64.6 Å². The highest BCUT2D eigenvalue weighted by molar-refractivity contribution is 5.68. The summed E-state index contributed by atoms with van der Waals surface area (Å²) in [7, 11) is 0. The molecule has 1 aromatic rings. The number of aromatic nitrogens is 2. The lowest BCUT2D eigenvalue weighted by Crippen LogP contribution is -2.66. The van der Waals surface area contributed by atoms with Gasteiger partial charge in [-0.2, -0.15) is 0 Å². The van der Waals surface area contributed by atoms with Gasteiger partial charge in [-0.05, 0) is 4.92 Å². The summed E-state index contributed by atoms with van der Waals surface area (Å²) in [5.74, 6) is -3.66. The third-order valence-electron chi connectivity index (χ3n) is 4.65. The number of ether oxygens (including phenoxy) is 5. The second kappa shape index (κ2) is 12.2. The fourth-order valence-corrected chi connectivity index (χ4v) is 3.40. The molecule has 0 bridgehead atoms. The van der Waals surface area contributed by atoms with Gasteiger partial charge in [0.1, 0.15) is 31.1 Å². The molecule has 0 aliphatic carbocycles. The Morgan fingerprint density at radius 2 is 1.71 bits per heavy atom. The first-order chi connectivity index (χ1) is 16.4. The van der Waals surface area contributed by atoms with E-state index in [9.17, 15) is 34.4 Å². The van der Waals surface area contributed by atoms with E-state index in [1.165, 1.54) is 6.20 Å². The molecule has 0 spiro atoms. The van der Waals surface area contributed by atoms with Gasteiger partial charge in [0.05, 0.1) is 6.54 Å². The summed E-state index contributed by atoms with van der Waals surface area (Å²) in [5.41, 5.74) is 0. The number of esters is 4. The second-order valence-corrected chi connectivity index (χ2v) is 7.41. The number of nitrogens with one attached hydrogen (secondary N) is 1. The number of rotatable bonds is 10. The maximum absolute atomic E-state index is 11.9. The van der Waals surface area contributed by atoms with E-state index in [0.717, 1.165) is 38.5 Å². The molecule has 0 amide bonds. The number of hydrogen-bond acceptors (Lipinski definition) is 14. The average Bonchev–Trinajstić information content (AvgIpc) is 3.23. The van der Waals surface area contributed by atoms with Crippen LogP contribution in [0.5, 0.6) is 0 Å². The highest BCUT2D eigenvalue weighted by Crippen LogP contribution is 2.28. The molecule has 16 nitrogen and oxygen atoms in total. The summed E-state index contributed by atoms with van der Waals surface area (Å²) in [6, 6.07) is -1.22. The van der Waals surface area contributed by atoms with Crippen LogP contribution >= 0.6 is 0 Å². The number of hydrogen-bond donors (Lipinski definition) is 2. The lowest BCUT2D eigenvalue weighted by atomic mass is 9.96. The molecule has 2 heterocycles. The number of aliphatic hydroxyl groups excluding tert-OH is 1. The molecule has 16 heteroatoms. The van der Waals surface area contributed by atoms with Gasteiger partial charge in [0, 0.05) is 27.7 Å². The minimum atomic E-state index is -1.53. The third kappa shape index (κ3) is 7.69. The topological polar surface area (TPSA) is 208 Å². The Morgan fingerprint density at radius 1 is 1.11 bits per heavy atom. The van der Waals surface area contributed by atoms with Crippen molar-refractivity contribution in [2.75, 3.05) is 13.2 Å². The standard InChI is InChI=1S/C19H26N4O12/c1-9(24)31-8-13-16(32-10(2)25)17(33-11(3)26)15(18(35-13)34-12(4)27)21-7-14(28)22-6-5-20-19(22)23(29)30/h5-6,13-18,21,28H,7-8H2,1-4H3. The van der Waals surface area contributed by atoms with Crippen LogP contribution < -0.4 is 5.32 Å². The van der Waals surface area contributed by atoms with Crippen LogP contribution in [0.15, 0.2) is 12.4 Å². The summed E-state index contributed by atoms with van der Waals surface area (Å²) in [5, 5.41) is 24.3. The summed E-state index contributed by atoms with van der Waals surface area (Å²) < 4.78 is 27.3. The van der Waals surface area contributed by atoms with E-state index >= 15 is 0 Å². The fraction of sp³-hybridized carbons (Fsp3) is 0.632. The molecule has 6 unspecified atom stereocenters. The molecule has 2 rings (SSSR count). The number of imidazole rings is 1. The number of carbonyl (C=O) groups is 4.